The summed E-state index contributed by atoms with van der Waals surface area (Å²) in [6, 6.07) is 10.2. The predicted molar refractivity (Wildman–Crippen MR) is 83.6 cm³/mol. The lowest BCUT2D eigenvalue weighted by Crippen LogP contribution is -2.27. The maximum atomic E-state index is 13.0. The maximum Gasteiger partial charge on any atom is 0.255 e. The van der Waals surface area contributed by atoms with Gasteiger partial charge in [0.2, 0.25) is 0 Å². The van der Waals surface area contributed by atoms with E-state index in [9.17, 15) is 9.18 Å². The van der Waals surface area contributed by atoms with E-state index in [1.807, 2.05) is 30.9 Å². The molecule has 1 aliphatic heterocycles. The van der Waals surface area contributed by atoms with Gasteiger partial charge in [-0.2, -0.15) is 0 Å². The summed E-state index contributed by atoms with van der Waals surface area (Å²) in [5.74, 6) is -0.214. The van der Waals surface area contributed by atoms with E-state index in [1.165, 1.54) is 12.1 Å². The average Bonchev–Trinajstić information content (AvgIpc) is 2.76. The Morgan fingerprint density at radius 2 is 1.90 bits per heavy atom. The highest BCUT2D eigenvalue weighted by atomic mass is 79.9. The number of aryl methyl sites for hydroxylation is 1. The van der Waals surface area contributed by atoms with Crippen molar-refractivity contribution < 1.29 is 9.18 Å². The van der Waals surface area contributed by atoms with Crippen LogP contribution in [0.2, 0.25) is 0 Å². The van der Waals surface area contributed by atoms with E-state index in [0.717, 1.165) is 26.7 Å². The number of benzene rings is 2. The molecule has 0 saturated carbocycles. The molecule has 1 heterocycles. The van der Waals surface area contributed by atoms with Crippen LogP contribution < -0.4 is 0 Å². The zero-order valence-corrected chi connectivity index (χ0v) is 13.4. The van der Waals surface area contributed by atoms with Gasteiger partial charge in [0.05, 0.1) is 6.04 Å². The van der Waals surface area contributed by atoms with Gasteiger partial charge in [0.15, 0.2) is 0 Å². The molecule has 0 fully saturated rings. The van der Waals surface area contributed by atoms with Crippen LogP contribution in [0.3, 0.4) is 0 Å². The minimum absolute atomic E-state index is 0.0480. The molecule has 4 heteroatoms. The van der Waals surface area contributed by atoms with Crippen molar-refractivity contribution in [3.63, 3.8) is 0 Å². The first-order valence-corrected chi connectivity index (χ1v) is 7.62. The molecule has 2 nitrogen and oxygen atoms in total. The Morgan fingerprint density at radius 3 is 2.57 bits per heavy atom. The summed E-state index contributed by atoms with van der Waals surface area (Å²) in [5.41, 5.74) is 3.76. The van der Waals surface area contributed by atoms with Crippen LogP contribution in [-0.4, -0.2) is 10.8 Å². The summed E-state index contributed by atoms with van der Waals surface area (Å²) in [6.45, 7) is 4.52. The normalized spacial score (nSPS) is 15.2. The molecule has 0 aliphatic carbocycles. The first-order chi connectivity index (χ1) is 9.97. The molecule has 0 bridgehead atoms. The number of fused-ring (bicyclic) bond motifs is 1. The number of hydrogen-bond donors (Lipinski definition) is 0. The van der Waals surface area contributed by atoms with Gasteiger partial charge in [-0.15, -0.1) is 0 Å². The number of carbonyl (C=O) groups excluding carboxylic acids is 1. The van der Waals surface area contributed by atoms with Crippen molar-refractivity contribution in [1.29, 1.82) is 0 Å². The topological polar surface area (TPSA) is 20.3 Å². The Labute approximate surface area is 131 Å². The van der Waals surface area contributed by atoms with Crippen LogP contribution in [0.25, 0.3) is 0 Å². The molecule has 2 aromatic rings. The van der Waals surface area contributed by atoms with Crippen molar-refractivity contribution in [2.45, 2.75) is 26.4 Å². The van der Waals surface area contributed by atoms with Gasteiger partial charge in [-0.1, -0.05) is 28.1 Å². The summed E-state index contributed by atoms with van der Waals surface area (Å²) in [4.78, 5) is 14.5. The summed E-state index contributed by atoms with van der Waals surface area (Å²) < 4.78 is 14.0. The van der Waals surface area contributed by atoms with Crippen LogP contribution in [0.1, 0.15) is 40.0 Å². The third kappa shape index (κ3) is 2.48. The first-order valence-electron chi connectivity index (χ1n) is 6.83. The lowest BCUT2D eigenvalue weighted by atomic mass is 10.0. The minimum Gasteiger partial charge on any atom is -0.328 e. The first kappa shape index (κ1) is 14.3. The fraction of sp³-hybridized carbons (Fsp3) is 0.235. The molecule has 0 N–H and O–H groups in total. The molecule has 1 aliphatic rings. The van der Waals surface area contributed by atoms with E-state index in [1.54, 1.807) is 12.1 Å². The number of hydrogen-bond acceptors (Lipinski definition) is 1. The van der Waals surface area contributed by atoms with Crippen LogP contribution >= 0.6 is 15.9 Å². The minimum atomic E-state index is -0.262. The lowest BCUT2D eigenvalue weighted by molar-refractivity contribution is 0.0715. The summed E-state index contributed by atoms with van der Waals surface area (Å²) >= 11 is 3.47. The van der Waals surface area contributed by atoms with Crippen molar-refractivity contribution >= 4 is 21.8 Å². The van der Waals surface area contributed by atoms with Crippen LogP contribution in [0.5, 0.6) is 0 Å². The molecular formula is C17H15BrFNO. The number of nitrogens with zero attached hydrogens (tertiary/aromatic N) is 1. The number of rotatable bonds is 2. The van der Waals surface area contributed by atoms with Gasteiger partial charge < -0.3 is 4.90 Å². The van der Waals surface area contributed by atoms with Crippen molar-refractivity contribution in [3.8, 4) is 0 Å². The van der Waals surface area contributed by atoms with Crippen LogP contribution in [0.4, 0.5) is 4.39 Å². The Bertz CT molecular complexity index is 711. The molecule has 1 amide bonds. The van der Waals surface area contributed by atoms with Crippen LogP contribution in [0.15, 0.2) is 40.9 Å². The van der Waals surface area contributed by atoms with Crippen molar-refractivity contribution in [3.05, 3.63) is 68.9 Å². The van der Waals surface area contributed by atoms with E-state index in [0.29, 0.717) is 6.54 Å². The molecule has 108 valence electrons. The lowest BCUT2D eigenvalue weighted by Gasteiger charge is -2.24. The summed E-state index contributed by atoms with van der Waals surface area (Å²) in [7, 11) is 0. The second kappa shape index (κ2) is 5.26. The van der Waals surface area contributed by atoms with Crippen LogP contribution in [-0.2, 0) is 6.54 Å². The van der Waals surface area contributed by atoms with Crippen LogP contribution in [0, 0.1) is 12.7 Å². The van der Waals surface area contributed by atoms with Gasteiger partial charge in [0.25, 0.3) is 5.91 Å². The highest BCUT2D eigenvalue weighted by Gasteiger charge is 2.32. The molecule has 3 rings (SSSR count). The third-order valence-corrected chi connectivity index (χ3v) is 4.48. The van der Waals surface area contributed by atoms with E-state index in [4.69, 9.17) is 0 Å². The van der Waals surface area contributed by atoms with E-state index in [2.05, 4.69) is 15.9 Å². The van der Waals surface area contributed by atoms with Gasteiger partial charge in [-0.25, -0.2) is 4.39 Å². The number of carbonyl (C=O) groups is 1. The Hall–Kier alpha value is -1.68. The second-order valence-corrected chi connectivity index (χ2v) is 6.33. The van der Waals surface area contributed by atoms with E-state index < -0.39 is 0 Å². The largest absolute Gasteiger partial charge is 0.328 e. The monoisotopic (exact) mass is 347 g/mol. The maximum absolute atomic E-state index is 13.0. The molecule has 0 radical (unpaired) electrons. The summed E-state index contributed by atoms with van der Waals surface area (Å²) in [5, 5.41) is 0. The molecule has 0 spiro atoms. The molecular weight excluding hydrogens is 333 g/mol. The molecule has 21 heavy (non-hydrogen) atoms. The zero-order chi connectivity index (χ0) is 15.1. The number of amides is 1. The molecule has 2 aromatic carbocycles. The van der Waals surface area contributed by atoms with E-state index >= 15 is 0 Å². The zero-order valence-electron chi connectivity index (χ0n) is 11.9. The highest BCUT2D eigenvalue weighted by molar-refractivity contribution is 9.10. The SMILES string of the molecule is Cc1cc(Br)cc2c1C(=O)N([C@@H](C)c1ccc(F)cc1)C2. The van der Waals surface area contributed by atoms with Gasteiger partial charge in [-0.05, 0) is 54.8 Å². The van der Waals surface area contributed by atoms with Crippen molar-refractivity contribution in [1.82, 2.24) is 4.90 Å². The Balaban J connectivity index is 1.94. The fourth-order valence-electron chi connectivity index (χ4n) is 2.88. The highest BCUT2D eigenvalue weighted by Crippen LogP contribution is 2.34. The third-order valence-electron chi connectivity index (χ3n) is 4.02. The number of halogens is 2. The predicted octanol–water partition coefficient (Wildman–Crippen LogP) is 4.61. The molecule has 0 saturated heterocycles. The standard InChI is InChI=1S/C17H15BrFNO/c1-10-7-14(18)8-13-9-20(17(21)16(10)13)11(2)12-3-5-15(19)6-4-12/h3-8,11H,9H2,1-2H3/t11-/m0/s1. The van der Waals surface area contributed by atoms with Crippen molar-refractivity contribution in [2.24, 2.45) is 0 Å². The van der Waals surface area contributed by atoms with Crippen molar-refractivity contribution in [2.75, 3.05) is 0 Å². The fourth-order valence-corrected chi connectivity index (χ4v) is 3.50. The molecule has 1 atom stereocenters. The van der Waals surface area contributed by atoms with Gasteiger partial charge >= 0.3 is 0 Å². The molecule has 0 unspecified atom stereocenters. The average molecular weight is 348 g/mol. The molecule has 0 aromatic heterocycles. The Morgan fingerprint density at radius 1 is 1.24 bits per heavy atom. The smallest absolute Gasteiger partial charge is 0.255 e. The quantitative estimate of drug-likeness (QED) is 0.776. The Kier molecular flexibility index (Phi) is 3.57. The van der Waals surface area contributed by atoms with E-state index in [-0.39, 0.29) is 17.8 Å². The summed E-state index contributed by atoms with van der Waals surface area (Å²) in [6.07, 6.45) is 0. The second-order valence-electron chi connectivity index (χ2n) is 5.42. The van der Waals surface area contributed by atoms with Gasteiger partial charge in [0, 0.05) is 16.6 Å². The van der Waals surface area contributed by atoms with Gasteiger partial charge in [0.1, 0.15) is 5.82 Å². The van der Waals surface area contributed by atoms with Gasteiger partial charge in [-0.3, -0.25) is 4.79 Å².